The van der Waals surface area contributed by atoms with Gasteiger partial charge in [0.15, 0.2) is 0 Å². The fourth-order valence-electron chi connectivity index (χ4n) is 4.41. The molecule has 0 radical (unpaired) electrons. The predicted molar refractivity (Wildman–Crippen MR) is 114 cm³/mol. The Hall–Kier alpha value is -2.06. The molecule has 0 unspecified atom stereocenters. The number of piperidine rings is 1. The van der Waals surface area contributed by atoms with Crippen LogP contribution < -0.4 is 5.32 Å². The van der Waals surface area contributed by atoms with Crippen LogP contribution in [0.2, 0.25) is 0 Å². The monoisotopic (exact) mass is 417 g/mol. The molecule has 1 aromatic rings. The van der Waals surface area contributed by atoms with Gasteiger partial charge in [-0.05, 0) is 32.1 Å². The maximum absolute atomic E-state index is 12.9. The lowest BCUT2D eigenvalue weighted by Gasteiger charge is -2.38. The summed E-state index contributed by atoms with van der Waals surface area (Å²) in [4.78, 5) is 36.8. The van der Waals surface area contributed by atoms with Crippen LogP contribution in [0.3, 0.4) is 0 Å². The van der Waals surface area contributed by atoms with E-state index in [1.807, 2.05) is 18.7 Å². The summed E-state index contributed by atoms with van der Waals surface area (Å²) in [7, 11) is 0. The highest BCUT2D eigenvalue weighted by Gasteiger charge is 2.34. The molecule has 0 aliphatic carbocycles. The zero-order valence-electron chi connectivity index (χ0n) is 18.4. The van der Waals surface area contributed by atoms with Gasteiger partial charge < -0.3 is 20.2 Å². The molecule has 8 nitrogen and oxygen atoms in total. The van der Waals surface area contributed by atoms with Crippen molar-refractivity contribution in [3.63, 3.8) is 0 Å². The number of carbonyl (C=O) groups is 2. The number of aromatic nitrogens is 2. The summed E-state index contributed by atoms with van der Waals surface area (Å²) in [6, 6.07) is 0.236. The molecule has 2 N–H and O–H groups in total. The first-order valence-electron chi connectivity index (χ1n) is 11.1. The first kappa shape index (κ1) is 22.6. The summed E-state index contributed by atoms with van der Waals surface area (Å²) >= 11 is 0. The quantitative estimate of drug-likeness (QED) is 0.754. The van der Waals surface area contributed by atoms with E-state index in [0.29, 0.717) is 38.0 Å². The van der Waals surface area contributed by atoms with Crippen LogP contribution in [-0.2, 0) is 4.79 Å². The van der Waals surface area contributed by atoms with Crippen molar-refractivity contribution in [1.29, 1.82) is 0 Å². The van der Waals surface area contributed by atoms with Crippen LogP contribution in [0.5, 0.6) is 0 Å². The number of likely N-dealkylation sites (tertiary alicyclic amines) is 2. The van der Waals surface area contributed by atoms with E-state index in [-0.39, 0.29) is 23.8 Å². The Morgan fingerprint density at radius 3 is 2.43 bits per heavy atom. The number of nitrogens with zero attached hydrogens (tertiary/aromatic N) is 4. The van der Waals surface area contributed by atoms with E-state index in [2.05, 4.69) is 20.2 Å². The largest absolute Gasteiger partial charge is 0.388 e. The van der Waals surface area contributed by atoms with Crippen LogP contribution in [0.25, 0.3) is 0 Å². The van der Waals surface area contributed by atoms with Crippen molar-refractivity contribution in [3.8, 4) is 0 Å². The molecule has 1 atom stereocenters. The number of hydrogen-bond donors (Lipinski definition) is 2. The SMILES string of the molecule is CC(=O)NC1CCN(C[C@]2(O)CCCN(C(=O)c3cnc(C(C)C)nc3)CC2)CC1. The molecule has 2 aliphatic rings. The molecule has 3 rings (SSSR count). The van der Waals surface area contributed by atoms with Crippen molar-refractivity contribution in [3.05, 3.63) is 23.8 Å². The van der Waals surface area contributed by atoms with Crippen LogP contribution in [-0.4, -0.2) is 81.1 Å². The highest BCUT2D eigenvalue weighted by Crippen LogP contribution is 2.26. The molecule has 166 valence electrons. The van der Waals surface area contributed by atoms with Gasteiger partial charge >= 0.3 is 0 Å². The molecule has 2 saturated heterocycles. The van der Waals surface area contributed by atoms with Gasteiger partial charge in [0.2, 0.25) is 5.91 Å². The van der Waals surface area contributed by atoms with E-state index >= 15 is 0 Å². The van der Waals surface area contributed by atoms with Gasteiger partial charge in [-0.15, -0.1) is 0 Å². The third-order valence-electron chi connectivity index (χ3n) is 6.15. The number of hydrogen-bond acceptors (Lipinski definition) is 6. The Morgan fingerprint density at radius 1 is 1.17 bits per heavy atom. The van der Waals surface area contributed by atoms with Crippen LogP contribution in [0, 0.1) is 0 Å². The van der Waals surface area contributed by atoms with Gasteiger partial charge in [0.1, 0.15) is 5.82 Å². The van der Waals surface area contributed by atoms with Crippen molar-refractivity contribution in [2.45, 2.75) is 70.4 Å². The standard InChI is InChI=1S/C22H35N5O3/c1-16(2)20-23-13-18(14-24-20)21(29)27-9-4-7-22(30,8-12-27)15-26-10-5-19(6-11-26)25-17(3)28/h13-14,16,19,30H,4-12,15H2,1-3H3,(H,25,28)/t22-/m0/s1. The van der Waals surface area contributed by atoms with Crippen LogP contribution >= 0.6 is 0 Å². The van der Waals surface area contributed by atoms with E-state index in [9.17, 15) is 14.7 Å². The van der Waals surface area contributed by atoms with Crippen molar-refractivity contribution in [1.82, 2.24) is 25.1 Å². The van der Waals surface area contributed by atoms with Gasteiger partial charge in [-0.2, -0.15) is 0 Å². The Bertz CT molecular complexity index is 731. The topological polar surface area (TPSA) is 98.7 Å². The Kier molecular flexibility index (Phi) is 7.41. The molecule has 0 saturated carbocycles. The molecule has 30 heavy (non-hydrogen) atoms. The average Bonchev–Trinajstić information content (AvgIpc) is 2.90. The van der Waals surface area contributed by atoms with Crippen LogP contribution in [0.15, 0.2) is 12.4 Å². The van der Waals surface area contributed by atoms with Crippen LogP contribution in [0.1, 0.15) is 75.0 Å². The second-order valence-electron chi connectivity index (χ2n) is 9.11. The third-order valence-corrected chi connectivity index (χ3v) is 6.15. The van der Waals surface area contributed by atoms with Gasteiger partial charge in [-0.25, -0.2) is 9.97 Å². The van der Waals surface area contributed by atoms with Crippen LogP contribution in [0.4, 0.5) is 0 Å². The lowest BCUT2D eigenvalue weighted by atomic mass is 9.93. The number of carbonyl (C=O) groups excluding carboxylic acids is 2. The zero-order valence-corrected chi connectivity index (χ0v) is 18.4. The van der Waals surface area contributed by atoms with Crippen molar-refractivity contribution in [2.75, 3.05) is 32.7 Å². The molecular weight excluding hydrogens is 382 g/mol. The maximum Gasteiger partial charge on any atom is 0.256 e. The highest BCUT2D eigenvalue weighted by atomic mass is 16.3. The van der Waals surface area contributed by atoms with E-state index in [0.717, 1.165) is 38.2 Å². The summed E-state index contributed by atoms with van der Waals surface area (Å²) in [6.45, 7) is 9.13. The molecule has 0 aromatic carbocycles. The number of amides is 2. The van der Waals surface area contributed by atoms with Gasteiger partial charge in [-0.3, -0.25) is 9.59 Å². The smallest absolute Gasteiger partial charge is 0.256 e. The predicted octanol–water partition coefficient (Wildman–Crippen LogP) is 1.56. The number of rotatable bonds is 5. The second-order valence-corrected chi connectivity index (χ2v) is 9.11. The number of nitrogens with one attached hydrogen (secondary N) is 1. The fourth-order valence-corrected chi connectivity index (χ4v) is 4.41. The molecule has 2 amide bonds. The van der Waals surface area contributed by atoms with Gasteiger partial charge in [0.05, 0.1) is 11.2 Å². The van der Waals surface area contributed by atoms with E-state index in [1.165, 1.54) is 0 Å². The Labute approximate surface area is 179 Å². The number of aliphatic hydroxyl groups is 1. The summed E-state index contributed by atoms with van der Waals surface area (Å²) in [5.41, 5.74) is -0.279. The molecule has 0 bridgehead atoms. The first-order valence-corrected chi connectivity index (χ1v) is 11.1. The summed E-state index contributed by atoms with van der Waals surface area (Å²) in [6.07, 6.45) is 7.07. The van der Waals surface area contributed by atoms with Gasteiger partial charge in [0, 0.05) is 64.0 Å². The lowest BCUT2D eigenvalue weighted by Crippen LogP contribution is -2.50. The lowest BCUT2D eigenvalue weighted by molar-refractivity contribution is -0.120. The Balaban J connectivity index is 1.52. The molecule has 8 heteroatoms. The second kappa shape index (κ2) is 9.83. The van der Waals surface area contributed by atoms with Crippen molar-refractivity contribution in [2.24, 2.45) is 0 Å². The molecule has 0 spiro atoms. The first-order chi connectivity index (χ1) is 14.3. The molecular formula is C22H35N5O3. The normalized spacial score (nSPS) is 24.0. The summed E-state index contributed by atoms with van der Waals surface area (Å²) in [5, 5.41) is 14.2. The Morgan fingerprint density at radius 2 is 1.83 bits per heavy atom. The van der Waals surface area contributed by atoms with E-state index in [1.54, 1.807) is 19.3 Å². The zero-order chi connectivity index (χ0) is 21.7. The van der Waals surface area contributed by atoms with Crippen molar-refractivity contribution < 1.29 is 14.7 Å². The molecule has 1 aromatic heterocycles. The average molecular weight is 418 g/mol. The maximum atomic E-state index is 12.9. The van der Waals surface area contributed by atoms with E-state index in [4.69, 9.17) is 0 Å². The van der Waals surface area contributed by atoms with Gasteiger partial charge in [-0.1, -0.05) is 13.8 Å². The minimum atomic E-state index is -0.784. The van der Waals surface area contributed by atoms with Crippen molar-refractivity contribution >= 4 is 11.8 Å². The minimum absolute atomic E-state index is 0.0184. The fraction of sp³-hybridized carbons (Fsp3) is 0.727. The summed E-state index contributed by atoms with van der Waals surface area (Å²) < 4.78 is 0. The third kappa shape index (κ3) is 5.98. The minimum Gasteiger partial charge on any atom is -0.388 e. The van der Waals surface area contributed by atoms with Gasteiger partial charge in [0.25, 0.3) is 5.91 Å². The highest BCUT2D eigenvalue weighted by molar-refractivity contribution is 5.93. The molecule has 2 aliphatic heterocycles. The van der Waals surface area contributed by atoms with E-state index < -0.39 is 5.60 Å². The number of β-amino-alcohol motifs (C(OH)–C–C–N with tert-alkyl or cyclic N) is 1. The summed E-state index contributed by atoms with van der Waals surface area (Å²) in [5.74, 6) is 0.917. The molecule has 3 heterocycles. The molecule has 2 fully saturated rings.